The number of para-hydroxylation sites is 1. The van der Waals surface area contributed by atoms with E-state index in [1.807, 2.05) is 24.3 Å². The summed E-state index contributed by atoms with van der Waals surface area (Å²) in [7, 11) is 2.15. The van der Waals surface area contributed by atoms with Crippen molar-refractivity contribution in [3.05, 3.63) is 29.8 Å². The maximum atomic E-state index is 9.08. The van der Waals surface area contributed by atoms with Gasteiger partial charge in [0.05, 0.1) is 11.3 Å². The van der Waals surface area contributed by atoms with E-state index in [-0.39, 0.29) is 0 Å². The summed E-state index contributed by atoms with van der Waals surface area (Å²) in [5, 5.41) is 9.08. The Labute approximate surface area is 96.9 Å². The topological polar surface area (TPSA) is 30.3 Å². The molecule has 16 heavy (non-hydrogen) atoms. The number of anilines is 1. The van der Waals surface area contributed by atoms with E-state index in [0.717, 1.165) is 43.9 Å². The molecule has 0 aromatic heterocycles. The maximum Gasteiger partial charge on any atom is 0.101 e. The molecule has 1 aromatic carbocycles. The Morgan fingerprint density at radius 1 is 1.12 bits per heavy atom. The van der Waals surface area contributed by atoms with Crippen LogP contribution in [0, 0.1) is 11.3 Å². The first-order valence-corrected chi connectivity index (χ1v) is 5.74. The lowest BCUT2D eigenvalue weighted by molar-refractivity contribution is 0.360. The summed E-state index contributed by atoms with van der Waals surface area (Å²) in [6.07, 6.45) is 1.16. The minimum atomic E-state index is 0.784. The van der Waals surface area contributed by atoms with Crippen LogP contribution in [0.25, 0.3) is 0 Å². The van der Waals surface area contributed by atoms with Crippen molar-refractivity contribution >= 4 is 5.69 Å². The summed E-state index contributed by atoms with van der Waals surface area (Å²) in [5.41, 5.74) is 1.87. The van der Waals surface area contributed by atoms with Gasteiger partial charge in [-0.2, -0.15) is 5.26 Å². The van der Waals surface area contributed by atoms with Gasteiger partial charge in [-0.05, 0) is 32.1 Å². The van der Waals surface area contributed by atoms with Gasteiger partial charge in [-0.25, -0.2) is 0 Å². The van der Waals surface area contributed by atoms with Gasteiger partial charge in [0.25, 0.3) is 0 Å². The lowest BCUT2D eigenvalue weighted by Gasteiger charge is -2.23. The number of rotatable bonds is 1. The van der Waals surface area contributed by atoms with E-state index in [1.54, 1.807) is 0 Å². The van der Waals surface area contributed by atoms with Gasteiger partial charge in [0.1, 0.15) is 6.07 Å². The molecule has 1 heterocycles. The largest absolute Gasteiger partial charge is 0.369 e. The van der Waals surface area contributed by atoms with Crippen LogP contribution in [0.1, 0.15) is 12.0 Å². The quantitative estimate of drug-likeness (QED) is 0.714. The first-order chi connectivity index (χ1) is 7.81. The van der Waals surface area contributed by atoms with Crippen molar-refractivity contribution in [2.45, 2.75) is 6.42 Å². The Kier molecular flexibility index (Phi) is 3.43. The Bertz CT molecular complexity index is 394. The van der Waals surface area contributed by atoms with E-state index in [0.29, 0.717) is 0 Å². The number of benzene rings is 1. The Morgan fingerprint density at radius 2 is 1.94 bits per heavy atom. The zero-order valence-electron chi connectivity index (χ0n) is 9.69. The van der Waals surface area contributed by atoms with Crippen molar-refractivity contribution in [1.29, 1.82) is 5.26 Å². The van der Waals surface area contributed by atoms with E-state index in [9.17, 15) is 0 Å². The number of nitriles is 1. The highest BCUT2D eigenvalue weighted by Gasteiger charge is 2.14. The Hall–Kier alpha value is -1.53. The van der Waals surface area contributed by atoms with Crippen molar-refractivity contribution in [1.82, 2.24) is 4.90 Å². The van der Waals surface area contributed by atoms with Crippen LogP contribution in [0.2, 0.25) is 0 Å². The second-order valence-corrected chi connectivity index (χ2v) is 4.27. The first-order valence-electron chi connectivity index (χ1n) is 5.74. The molecular weight excluding hydrogens is 198 g/mol. The molecule has 1 saturated heterocycles. The molecule has 84 valence electrons. The molecule has 0 aliphatic carbocycles. The molecule has 0 radical (unpaired) electrons. The van der Waals surface area contributed by atoms with Crippen molar-refractivity contribution in [2.24, 2.45) is 0 Å². The third-order valence-electron chi connectivity index (χ3n) is 3.08. The zero-order chi connectivity index (χ0) is 11.4. The highest BCUT2D eigenvalue weighted by molar-refractivity contribution is 5.59. The summed E-state index contributed by atoms with van der Waals surface area (Å²) in [6.45, 7) is 4.27. The van der Waals surface area contributed by atoms with Gasteiger partial charge in [0, 0.05) is 19.6 Å². The van der Waals surface area contributed by atoms with Gasteiger partial charge in [0.15, 0.2) is 0 Å². The lowest BCUT2D eigenvalue weighted by Crippen LogP contribution is -2.29. The predicted molar refractivity (Wildman–Crippen MR) is 65.5 cm³/mol. The number of hydrogen-bond donors (Lipinski definition) is 0. The van der Waals surface area contributed by atoms with Crippen LogP contribution in [0.5, 0.6) is 0 Å². The molecule has 0 N–H and O–H groups in total. The fraction of sp³-hybridized carbons (Fsp3) is 0.462. The summed E-state index contributed by atoms with van der Waals surface area (Å²) >= 11 is 0. The molecule has 3 heteroatoms. The van der Waals surface area contributed by atoms with Crippen LogP contribution in [-0.4, -0.2) is 38.1 Å². The van der Waals surface area contributed by atoms with Crippen LogP contribution in [-0.2, 0) is 0 Å². The smallest absolute Gasteiger partial charge is 0.101 e. The number of likely N-dealkylation sites (N-methyl/N-ethyl adjacent to an activating group) is 1. The van der Waals surface area contributed by atoms with E-state index in [2.05, 4.69) is 22.9 Å². The molecule has 1 aromatic rings. The third kappa shape index (κ3) is 2.34. The van der Waals surface area contributed by atoms with Crippen LogP contribution in [0.4, 0.5) is 5.69 Å². The molecule has 1 aliphatic rings. The number of hydrogen-bond acceptors (Lipinski definition) is 3. The molecule has 1 aliphatic heterocycles. The van der Waals surface area contributed by atoms with Crippen molar-refractivity contribution in [3.63, 3.8) is 0 Å². The fourth-order valence-electron chi connectivity index (χ4n) is 2.13. The summed E-state index contributed by atoms with van der Waals surface area (Å²) in [4.78, 5) is 4.66. The molecule has 0 saturated carbocycles. The lowest BCUT2D eigenvalue weighted by atomic mass is 10.1. The SMILES string of the molecule is CN1CCCN(c2ccccc2C#N)CC1. The molecule has 0 amide bonds. The van der Waals surface area contributed by atoms with Gasteiger partial charge in [-0.1, -0.05) is 12.1 Å². The van der Waals surface area contributed by atoms with Gasteiger partial charge in [-0.15, -0.1) is 0 Å². The maximum absolute atomic E-state index is 9.08. The molecule has 0 unspecified atom stereocenters. The predicted octanol–water partition coefficient (Wildman–Crippen LogP) is 1.70. The van der Waals surface area contributed by atoms with Gasteiger partial charge < -0.3 is 9.80 Å². The monoisotopic (exact) mass is 215 g/mol. The van der Waals surface area contributed by atoms with Crippen LogP contribution >= 0.6 is 0 Å². The third-order valence-corrected chi connectivity index (χ3v) is 3.08. The van der Waals surface area contributed by atoms with Gasteiger partial charge >= 0.3 is 0 Å². The Balaban J connectivity index is 2.20. The van der Waals surface area contributed by atoms with Crippen molar-refractivity contribution < 1.29 is 0 Å². The minimum absolute atomic E-state index is 0.784. The summed E-state index contributed by atoms with van der Waals surface area (Å²) in [6, 6.07) is 10.1. The van der Waals surface area contributed by atoms with Crippen LogP contribution in [0.15, 0.2) is 24.3 Å². The highest BCUT2D eigenvalue weighted by atomic mass is 15.2. The second-order valence-electron chi connectivity index (χ2n) is 4.27. The standard InChI is InChI=1S/C13H17N3/c1-15-7-4-8-16(10-9-15)13-6-3-2-5-12(13)11-14/h2-3,5-6H,4,7-10H2,1H3. The fourth-order valence-corrected chi connectivity index (χ4v) is 2.13. The Morgan fingerprint density at radius 3 is 2.75 bits per heavy atom. The molecular formula is C13H17N3. The van der Waals surface area contributed by atoms with Crippen LogP contribution < -0.4 is 4.90 Å². The molecule has 1 fully saturated rings. The normalized spacial score (nSPS) is 17.9. The molecule has 0 atom stereocenters. The van der Waals surface area contributed by atoms with E-state index < -0.39 is 0 Å². The average Bonchev–Trinajstić information content (AvgIpc) is 2.54. The molecule has 2 rings (SSSR count). The minimum Gasteiger partial charge on any atom is -0.369 e. The van der Waals surface area contributed by atoms with Crippen molar-refractivity contribution in [3.8, 4) is 6.07 Å². The number of nitrogens with zero attached hydrogens (tertiary/aromatic N) is 3. The van der Waals surface area contributed by atoms with Gasteiger partial charge in [-0.3, -0.25) is 0 Å². The second kappa shape index (κ2) is 5.00. The van der Waals surface area contributed by atoms with E-state index in [1.165, 1.54) is 0 Å². The van der Waals surface area contributed by atoms with E-state index >= 15 is 0 Å². The van der Waals surface area contributed by atoms with Crippen molar-refractivity contribution in [2.75, 3.05) is 38.1 Å². The summed E-state index contributed by atoms with van der Waals surface area (Å²) in [5.74, 6) is 0. The van der Waals surface area contributed by atoms with E-state index in [4.69, 9.17) is 5.26 Å². The molecule has 3 nitrogen and oxygen atoms in total. The molecule has 0 spiro atoms. The average molecular weight is 215 g/mol. The van der Waals surface area contributed by atoms with Crippen LogP contribution in [0.3, 0.4) is 0 Å². The van der Waals surface area contributed by atoms with Gasteiger partial charge in [0.2, 0.25) is 0 Å². The summed E-state index contributed by atoms with van der Waals surface area (Å²) < 4.78 is 0. The molecule has 0 bridgehead atoms. The zero-order valence-corrected chi connectivity index (χ0v) is 9.69. The highest BCUT2D eigenvalue weighted by Crippen LogP contribution is 2.20. The first kappa shape index (κ1) is 11.0.